The highest BCUT2D eigenvalue weighted by Crippen LogP contribution is 2.31. The number of hydrogen-bond donors (Lipinski definition) is 0. The van der Waals surface area contributed by atoms with Crippen LogP contribution in [0.3, 0.4) is 0 Å². The Bertz CT molecular complexity index is 418. The molecule has 0 amide bonds. The lowest BCUT2D eigenvalue weighted by atomic mass is 9.89. The van der Waals surface area contributed by atoms with Crippen molar-refractivity contribution in [3.63, 3.8) is 0 Å². The summed E-state index contributed by atoms with van der Waals surface area (Å²) in [5, 5.41) is 0. The number of hydrogen-bond acceptors (Lipinski definition) is 2. The van der Waals surface area contributed by atoms with E-state index < -0.39 is 35.4 Å². The van der Waals surface area contributed by atoms with Crippen molar-refractivity contribution in [3.8, 4) is 5.75 Å². The van der Waals surface area contributed by atoms with Gasteiger partial charge in [-0.25, -0.2) is 0 Å². The quantitative estimate of drug-likeness (QED) is 0.601. The molecular weight excluding hydrogens is 250 g/mol. The Balaban J connectivity index is 2.18. The average Bonchev–Trinajstić information content (AvgIpc) is 2.34. The maximum absolute atomic E-state index is 13.3. The van der Waals surface area contributed by atoms with E-state index in [9.17, 15) is 17.6 Å². The molecule has 0 radical (unpaired) electrons. The molecule has 1 aliphatic carbocycles. The predicted octanol–water partition coefficient (Wildman–Crippen LogP) is 3.60. The normalized spacial score (nSPS) is 24.1. The highest BCUT2D eigenvalue weighted by atomic mass is 19.2. The molecule has 0 aromatic carbocycles. The van der Waals surface area contributed by atoms with Gasteiger partial charge in [-0.3, -0.25) is 0 Å². The summed E-state index contributed by atoms with van der Waals surface area (Å²) in [4.78, 5) is 2.48. The molecule has 0 unspecified atom stereocenters. The predicted molar refractivity (Wildman–Crippen MR) is 56.1 cm³/mol. The Morgan fingerprint density at radius 2 is 1.44 bits per heavy atom. The molecular formula is C12H13F4NO. The molecule has 1 aromatic rings. The van der Waals surface area contributed by atoms with Gasteiger partial charge in [0.2, 0.25) is 17.4 Å². The molecule has 6 heteroatoms. The van der Waals surface area contributed by atoms with Gasteiger partial charge in [-0.05, 0) is 31.6 Å². The number of halogens is 4. The van der Waals surface area contributed by atoms with E-state index in [4.69, 9.17) is 4.74 Å². The minimum Gasteiger partial charge on any atom is -0.484 e. The molecule has 2 nitrogen and oxygen atoms in total. The van der Waals surface area contributed by atoms with E-state index in [1.54, 1.807) is 0 Å². The summed E-state index contributed by atoms with van der Waals surface area (Å²) < 4.78 is 57.4. The molecule has 0 N–H and O–H groups in total. The standard InChI is InChI=1S/C12H13F4NO/c1-6-2-4-7(5-3-6)18-10-8(13)11(15)17-12(16)9(10)14/h6-7H,2-5H2,1H3. The zero-order chi connectivity index (χ0) is 13.3. The molecule has 0 aliphatic heterocycles. The Morgan fingerprint density at radius 1 is 0.944 bits per heavy atom. The van der Waals surface area contributed by atoms with Gasteiger partial charge in [-0.15, -0.1) is 0 Å². The Kier molecular flexibility index (Phi) is 3.73. The van der Waals surface area contributed by atoms with Gasteiger partial charge in [0.1, 0.15) is 0 Å². The van der Waals surface area contributed by atoms with Crippen LogP contribution in [-0.2, 0) is 0 Å². The first-order valence-electron chi connectivity index (χ1n) is 5.85. The molecule has 0 atom stereocenters. The Labute approximate surface area is 102 Å². The van der Waals surface area contributed by atoms with E-state index in [2.05, 4.69) is 11.9 Å². The average molecular weight is 263 g/mol. The summed E-state index contributed by atoms with van der Waals surface area (Å²) in [5.74, 6) is -6.99. The van der Waals surface area contributed by atoms with E-state index in [0.717, 1.165) is 12.8 Å². The maximum Gasteiger partial charge on any atom is 0.255 e. The summed E-state index contributed by atoms with van der Waals surface area (Å²) in [6, 6.07) is 0. The van der Waals surface area contributed by atoms with Crippen molar-refractivity contribution in [2.24, 2.45) is 5.92 Å². The lowest BCUT2D eigenvalue weighted by Crippen LogP contribution is -2.24. The summed E-state index contributed by atoms with van der Waals surface area (Å²) in [7, 11) is 0. The molecule has 1 saturated carbocycles. The topological polar surface area (TPSA) is 22.1 Å². The van der Waals surface area contributed by atoms with E-state index in [1.165, 1.54) is 0 Å². The van der Waals surface area contributed by atoms with Crippen molar-refractivity contribution in [2.45, 2.75) is 38.7 Å². The van der Waals surface area contributed by atoms with Gasteiger partial charge in [-0.1, -0.05) is 6.92 Å². The molecule has 18 heavy (non-hydrogen) atoms. The number of aromatic nitrogens is 1. The summed E-state index contributed by atoms with van der Waals surface area (Å²) in [6.07, 6.45) is 2.55. The Morgan fingerprint density at radius 3 is 1.94 bits per heavy atom. The second kappa shape index (κ2) is 5.12. The zero-order valence-electron chi connectivity index (χ0n) is 9.85. The van der Waals surface area contributed by atoms with Crippen molar-refractivity contribution < 1.29 is 22.3 Å². The van der Waals surface area contributed by atoms with Crippen LogP contribution in [0.25, 0.3) is 0 Å². The van der Waals surface area contributed by atoms with Gasteiger partial charge in [0, 0.05) is 0 Å². The molecule has 0 saturated heterocycles. The molecule has 100 valence electrons. The molecule has 1 aliphatic rings. The second-order valence-electron chi connectivity index (χ2n) is 4.65. The summed E-state index contributed by atoms with van der Waals surface area (Å²) >= 11 is 0. The zero-order valence-corrected chi connectivity index (χ0v) is 9.85. The number of rotatable bonds is 2. The molecule has 1 heterocycles. The highest BCUT2D eigenvalue weighted by molar-refractivity contribution is 5.24. The van der Waals surface area contributed by atoms with Crippen LogP contribution in [0.15, 0.2) is 0 Å². The largest absolute Gasteiger partial charge is 0.484 e. The number of ether oxygens (including phenoxy) is 1. The van der Waals surface area contributed by atoms with Crippen molar-refractivity contribution in [1.29, 1.82) is 0 Å². The van der Waals surface area contributed by atoms with Gasteiger partial charge in [0.25, 0.3) is 11.9 Å². The summed E-state index contributed by atoms with van der Waals surface area (Å²) in [5.41, 5.74) is 0. The van der Waals surface area contributed by atoms with E-state index in [1.807, 2.05) is 0 Å². The van der Waals surface area contributed by atoms with Crippen molar-refractivity contribution in [3.05, 3.63) is 23.5 Å². The van der Waals surface area contributed by atoms with Crippen molar-refractivity contribution in [2.75, 3.05) is 0 Å². The van der Waals surface area contributed by atoms with Gasteiger partial charge in [0.05, 0.1) is 6.10 Å². The third kappa shape index (κ3) is 2.57. The van der Waals surface area contributed by atoms with E-state index in [0.29, 0.717) is 18.8 Å². The highest BCUT2D eigenvalue weighted by Gasteiger charge is 2.26. The lowest BCUT2D eigenvalue weighted by Gasteiger charge is -2.27. The lowest BCUT2D eigenvalue weighted by molar-refractivity contribution is 0.121. The van der Waals surface area contributed by atoms with Gasteiger partial charge in [0.15, 0.2) is 0 Å². The first kappa shape index (κ1) is 13.1. The van der Waals surface area contributed by atoms with Crippen LogP contribution in [0.1, 0.15) is 32.6 Å². The number of nitrogens with zero attached hydrogens (tertiary/aromatic N) is 1. The SMILES string of the molecule is CC1CCC(Oc2c(F)c(F)nc(F)c2F)CC1. The molecule has 2 rings (SSSR count). The van der Waals surface area contributed by atoms with Crippen molar-refractivity contribution >= 4 is 0 Å². The monoisotopic (exact) mass is 263 g/mol. The van der Waals surface area contributed by atoms with Crippen LogP contribution in [0, 0.1) is 29.4 Å². The molecule has 0 bridgehead atoms. The molecule has 1 aromatic heterocycles. The van der Waals surface area contributed by atoms with Gasteiger partial charge >= 0.3 is 0 Å². The van der Waals surface area contributed by atoms with E-state index >= 15 is 0 Å². The van der Waals surface area contributed by atoms with E-state index in [-0.39, 0.29) is 0 Å². The van der Waals surface area contributed by atoms with Crippen LogP contribution in [0.5, 0.6) is 5.75 Å². The summed E-state index contributed by atoms with van der Waals surface area (Å²) in [6.45, 7) is 2.07. The molecule has 0 spiro atoms. The molecule has 1 fully saturated rings. The smallest absolute Gasteiger partial charge is 0.255 e. The van der Waals surface area contributed by atoms with Crippen LogP contribution in [0.2, 0.25) is 0 Å². The van der Waals surface area contributed by atoms with Gasteiger partial charge in [-0.2, -0.15) is 22.5 Å². The minimum absolute atomic E-state index is 0.411. The fraction of sp³-hybridized carbons (Fsp3) is 0.583. The third-order valence-electron chi connectivity index (χ3n) is 3.20. The fourth-order valence-electron chi connectivity index (χ4n) is 2.09. The van der Waals surface area contributed by atoms with Crippen molar-refractivity contribution in [1.82, 2.24) is 4.98 Å². The first-order valence-corrected chi connectivity index (χ1v) is 5.85. The second-order valence-corrected chi connectivity index (χ2v) is 4.65. The first-order chi connectivity index (χ1) is 8.49. The van der Waals surface area contributed by atoms with Crippen LogP contribution in [0.4, 0.5) is 17.6 Å². The third-order valence-corrected chi connectivity index (χ3v) is 3.20. The van der Waals surface area contributed by atoms with Crippen LogP contribution < -0.4 is 4.74 Å². The van der Waals surface area contributed by atoms with Gasteiger partial charge < -0.3 is 4.74 Å². The Hall–Kier alpha value is -1.33. The van der Waals surface area contributed by atoms with Crippen LogP contribution >= 0.6 is 0 Å². The van der Waals surface area contributed by atoms with Crippen LogP contribution in [-0.4, -0.2) is 11.1 Å². The maximum atomic E-state index is 13.3. The fourth-order valence-corrected chi connectivity index (χ4v) is 2.09. The minimum atomic E-state index is -1.69. The number of pyridine rings is 1.